The van der Waals surface area contributed by atoms with Crippen molar-refractivity contribution in [1.29, 1.82) is 0 Å². The lowest BCUT2D eigenvalue weighted by Crippen LogP contribution is -2.62. The smallest absolute Gasteiger partial charge is 0.409 e. The van der Waals surface area contributed by atoms with Crippen LogP contribution >= 0.6 is 0 Å². The average Bonchev–Trinajstić information content (AvgIpc) is 2.28. The number of carbonyl (C=O) groups is 2. The molecule has 1 rings (SSSR count). The summed E-state index contributed by atoms with van der Waals surface area (Å²) >= 11 is 0. The van der Waals surface area contributed by atoms with Crippen LogP contribution in [0.3, 0.4) is 0 Å². The van der Waals surface area contributed by atoms with Gasteiger partial charge in [0.1, 0.15) is 5.60 Å². The zero-order chi connectivity index (χ0) is 15.6. The van der Waals surface area contributed by atoms with Crippen molar-refractivity contribution in [2.45, 2.75) is 51.4 Å². The number of alkyl carbamates (subject to hydrolysis) is 1. The number of nitrogens with one attached hydrogen (secondary N) is 1. The summed E-state index contributed by atoms with van der Waals surface area (Å²) in [5.74, 6) is 0. The normalized spacial score (nSPS) is 26.9. The number of likely N-dealkylation sites (tertiary alicyclic amines) is 1. The molecule has 0 aromatic heterocycles. The number of β-amino-alcohol motifs (C(OH)–C–C–N with tert-alkyl or cyclic N) is 1. The molecule has 2 amide bonds. The number of carbonyl (C=O) groups excluding carboxylic acids is 2. The van der Waals surface area contributed by atoms with Crippen molar-refractivity contribution >= 4 is 12.2 Å². The van der Waals surface area contributed by atoms with Gasteiger partial charge >= 0.3 is 12.2 Å². The van der Waals surface area contributed by atoms with E-state index in [1.807, 2.05) is 0 Å². The number of piperidine rings is 1. The number of ether oxygens (including phenoxy) is 2. The minimum Gasteiger partial charge on any atom is -0.453 e. The van der Waals surface area contributed by atoms with Crippen LogP contribution < -0.4 is 5.32 Å². The van der Waals surface area contributed by atoms with Crippen LogP contribution in [0.25, 0.3) is 0 Å². The minimum absolute atomic E-state index is 0.0974. The van der Waals surface area contributed by atoms with Crippen LogP contribution in [-0.4, -0.2) is 59.6 Å². The maximum Gasteiger partial charge on any atom is 0.409 e. The lowest BCUT2D eigenvalue weighted by atomic mass is 9.89. The summed E-state index contributed by atoms with van der Waals surface area (Å²) in [7, 11) is 1.29. The number of nitrogens with zero attached hydrogens (tertiary/aromatic N) is 1. The second-order valence-corrected chi connectivity index (χ2v) is 6.24. The summed E-state index contributed by atoms with van der Waals surface area (Å²) in [5.41, 5.74) is -1.83. The van der Waals surface area contributed by atoms with Crippen LogP contribution in [0, 0.1) is 0 Å². The van der Waals surface area contributed by atoms with Crippen molar-refractivity contribution < 1.29 is 24.2 Å². The average molecular weight is 288 g/mol. The van der Waals surface area contributed by atoms with E-state index in [0.29, 0.717) is 13.0 Å². The van der Waals surface area contributed by atoms with Crippen molar-refractivity contribution in [1.82, 2.24) is 10.2 Å². The molecule has 2 N–H and O–H groups in total. The molecule has 116 valence electrons. The first-order chi connectivity index (χ1) is 9.05. The van der Waals surface area contributed by atoms with Gasteiger partial charge in [-0.1, -0.05) is 0 Å². The lowest BCUT2D eigenvalue weighted by molar-refractivity contribution is -0.0418. The Kier molecular flexibility index (Phi) is 4.86. The molecule has 0 spiro atoms. The third-order valence-electron chi connectivity index (χ3n) is 3.07. The van der Waals surface area contributed by atoms with Crippen molar-refractivity contribution in [2.24, 2.45) is 0 Å². The predicted octanol–water partition coefficient (Wildman–Crippen LogP) is 1.10. The molecule has 0 aromatic rings. The van der Waals surface area contributed by atoms with Gasteiger partial charge in [0.25, 0.3) is 0 Å². The summed E-state index contributed by atoms with van der Waals surface area (Å²) in [5, 5.41) is 13.0. The van der Waals surface area contributed by atoms with Crippen molar-refractivity contribution in [2.75, 3.05) is 20.2 Å². The maximum atomic E-state index is 11.7. The largest absolute Gasteiger partial charge is 0.453 e. The fourth-order valence-electron chi connectivity index (χ4n) is 2.13. The van der Waals surface area contributed by atoms with Gasteiger partial charge in [-0.25, -0.2) is 9.59 Å². The molecule has 0 radical (unpaired) electrons. The van der Waals surface area contributed by atoms with Crippen LogP contribution in [0.1, 0.15) is 34.1 Å². The zero-order valence-corrected chi connectivity index (χ0v) is 12.7. The van der Waals surface area contributed by atoms with E-state index in [2.05, 4.69) is 10.1 Å². The monoisotopic (exact) mass is 288 g/mol. The lowest BCUT2D eigenvalue weighted by Gasteiger charge is -2.42. The number of amides is 2. The molecule has 0 saturated carbocycles. The summed E-state index contributed by atoms with van der Waals surface area (Å²) in [6, 6.07) is -0.474. The van der Waals surface area contributed by atoms with Crippen LogP contribution in [0.2, 0.25) is 0 Å². The van der Waals surface area contributed by atoms with E-state index in [-0.39, 0.29) is 6.54 Å². The van der Waals surface area contributed by atoms with E-state index in [1.165, 1.54) is 12.0 Å². The maximum absolute atomic E-state index is 11.7. The molecule has 1 saturated heterocycles. The molecule has 20 heavy (non-hydrogen) atoms. The highest BCUT2D eigenvalue weighted by molar-refractivity contribution is 5.69. The Morgan fingerprint density at radius 2 is 2.00 bits per heavy atom. The van der Waals surface area contributed by atoms with Gasteiger partial charge in [-0.3, -0.25) is 0 Å². The molecular formula is C13H24N2O5. The molecule has 7 heteroatoms. The van der Waals surface area contributed by atoms with Crippen molar-refractivity contribution in [3.8, 4) is 0 Å². The molecule has 0 unspecified atom stereocenters. The molecule has 1 aliphatic heterocycles. The Bertz CT molecular complexity index is 375. The molecule has 2 atom stereocenters. The third-order valence-corrected chi connectivity index (χ3v) is 3.07. The Morgan fingerprint density at radius 3 is 2.45 bits per heavy atom. The highest BCUT2D eigenvalue weighted by Crippen LogP contribution is 2.22. The van der Waals surface area contributed by atoms with E-state index >= 15 is 0 Å². The Morgan fingerprint density at radius 1 is 1.40 bits per heavy atom. The fraction of sp³-hybridized carbons (Fsp3) is 0.846. The number of hydrogen-bond donors (Lipinski definition) is 2. The molecular weight excluding hydrogens is 264 g/mol. The van der Waals surface area contributed by atoms with Gasteiger partial charge in [-0.2, -0.15) is 0 Å². The highest BCUT2D eigenvalue weighted by atomic mass is 16.6. The molecule has 0 aromatic carbocycles. The second-order valence-electron chi connectivity index (χ2n) is 6.24. The van der Waals surface area contributed by atoms with Crippen LogP contribution in [0.4, 0.5) is 9.59 Å². The Hall–Kier alpha value is -1.50. The summed E-state index contributed by atoms with van der Waals surface area (Å²) in [6.45, 7) is 7.38. The van der Waals surface area contributed by atoms with Gasteiger partial charge in [0.2, 0.25) is 0 Å². The summed E-state index contributed by atoms with van der Waals surface area (Å²) in [4.78, 5) is 24.6. The van der Waals surface area contributed by atoms with Gasteiger partial charge in [0.05, 0.1) is 25.3 Å². The molecule has 1 heterocycles. The second kappa shape index (κ2) is 5.87. The SMILES string of the molecule is COC(=O)N1CC[C@@H](NC(=O)OC(C)(C)C)[C@](C)(O)C1. The van der Waals surface area contributed by atoms with Gasteiger partial charge in [0, 0.05) is 6.54 Å². The van der Waals surface area contributed by atoms with E-state index in [0.717, 1.165) is 0 Å². The number of aliphatic hydroxyl groups is 1. The standard InChI is InChI=1S/C13H24N2O5/c1-12(2,3)20-10(16)14-9-6-7-15(11(17)19-5)8-13(9,4)18/h9,18H,6-8H2,1-5H3,(H,14,16)/t9-,13-/m1/s1. The minimum atomic E-state index is -1.23. The van der Waals surface area contributed by atoms with E-state index in [1.54, 1.807) is 27.7 Å². The predicted molar refractivity (Wildman–Crippen MR) is 72.4 cm³/mol. The molecule has 0 bridgehead atoms. The van der Waals surface area contributed by atoms with Gasteiger partial charge in [-0.15, -0.1) is 0 Å². The first-order valence-electron chi connectivity index (χ1n) is 6.60. The topological polar surface area (TPSA) is 88.1 Å². The van der Waals surface area contributed by atoms with Gasteiger partial charge < -0.3 is 24.8 Å². The first-order valence-corrected chi connectivity index (χ1v) is 6.60. The summed E-state index contributed by atoms with van der Waals surface area (Å²) in [6.07, 6.45) is -0.628. The van der Waals surface area contributed by atoms with E-state index < -0.39 is 29.4 Å². The number of rotatable bonds is 1. The quantitative estimate of drug-likeness (QED) is 0.754. The molecule has 0 aliphatic carbocycles. The Labute approximate surface area is 119 Å². The van der Waals surface area contributed by atoms with E-state index in [4.69, 9.17) is 4.74 Å². The van der Waals surface area contributed by atoms with E-state index in [9.17, 15) is 14.7 Å². The van der Waals surface area contributed by atoms with Crippen LogP contribution in [0.15, 0.2) is 0 Å². The van der Waals surface area contributed by atoms with Gasteiger partial charge in [-0.05, 0) is 34.1 Å². The molecule has 1 fully saturated rings. The summed E-state index contributed by atoms with van der Waals surface area (Å²) < 4.78 is 9.79. The number of methoxy groups -OCH3 is 1. The van der Waals surface area contributed by atoms with Crippen molar-refractivity contribution in [3.63, 3.8) is 0 Å². The Balaban J connectivity index is 2.61. The van der Waals surface area contributed by atoms with Gasteiger partial charge in [0.15, 0.2) is 0 Å². The fourth-order valence-corrected chi connectivity index (χ4v) is 2.13. The molecule has 1 aliphatic rings. The number of hydrogen-bond acceptors (Lipinski definition) is 5. The van der Waals surface area contributed by atoms with Crippen LogP contribution in [0.5, 0.6) is 0 Å². The van der Waals surface area contributed by atoms with Crippen molar-refractivity contribution in [3.05, 3.63) is 0 Å². The first kappa shape index (κ1) is 16.6. The molecule has 7 nitrogen and oxygen atoms in total. The third kappa shape index (κ3) is 4.56. The zero-order valence-electron chi connectivity index (χ0n) is 12.7. The highest BCUT2D eigenvalue weighted by Gasteiger charge is 2.41. The van der Waals surface area contributed by atoms with Crippen LogP contribution in [-0.2, 0) is 9.47 Å².